The molecule has 0 fully saturated rings. The average molecular weight is 217 g/mol. The molecule has 0 bridgehead atoms. The number of rotatable bonds is 2. The van der Waals surface area contributed by atoms with E-state index in [1.54, 1.807) is 0 Å². The lowest BCUT2D eigenvalue weighted by Gasteiger charge is -2.15. The number of nitrogens with one attached hydrogen (secondary N) is 1. The zero-order chi connectivity index (χ0) is 11.0. The molecule has 0 aromatic carbocycles. The predicted molar refractivity (Wildman–Crippen MR) is 45.9 cm³/mol. The molecule has 0 radical (unpaired) electrons. The molecule has 0 amide bonds. The van der Waals surface area contributed by atoms with E-state index in [9.17, 15) is 13.6 Å². The van der Waals surface area contributed by atoms with Crippen molar-refractivity contribution in [2.75, 3.05) is 6.54 Å². The van der Waals surface area contributed by atoms with E-state index in [2.05, 4.69) is 10.3 Å². The van der Waals surface area contributed by atoms with E-state index in [0.29, 0.717) is 25.5 Å². The molecule has 1 aromatic rings. The van der Waals surface area contributed by atoms with Gasteiger partial charge in [0.1, 0.15) is 11.5 Å². The molecule has 0 saturated carbocycles. The van der Waals surface area contributed by atoms with Crippen LogP contribution in [0.1, 0.15) is 28.4 Å². The number of aromatic carboxylic acids is 1. The van der Waals surface area contributed by atoms with Crippen LogP contribution in [-0.4, -0.2) is 27.2 Å². The first kappa shape index (κ1) is 10.0. The van der Waals surface area contributed by atoms with Gasteiger partial charge < -0.3 is 15.0 Å². The van der Waals surface area contributed by atoms with Crippen molar-refractivity contribution in [2.24, 2.45) is 0 Å². The van der Waals surface area contributed by atoms with Gasteiger partial charge in [0.05, 0.1) is 6.54 Å². The highest BCUT2D eigenvalue weighted by Crippen LogP contribution is 2.24. The van der Waals surface area contributed by atoms with Crippen molar-refractivity contribution in [3.05, 3.63) is 17.2 Å². The molecule has 1 aliphatic rings. The second-order valence-corrected chi connectivity index (χ2v) is 3.20. The highest BCUT2D eigenvalue weighted by Gasteiger charge is 2.28. The first-order chi connectivity index (χ1) is 7.11. The topological polar surface area (TPSA) is 67.1 Å². The Morgan fingerprint density at radius 1 is 1.60 bits per heavy atom. The Balaban J connectivity index is 2.56. The van der Waals surface area contributed by atoms with Crippen LogP contribution in [0.5, 0.6) is 0 Å². The van der Waals surface area contributed by atoms with E-state index < -0.39 is 18.1 Å². The van der Waals surface area contributed by atoms with Gasteiger partial charge in [-0.1, -0.05) is 0 Å². The van der Waals surface area contributed by atoms with Gasteiger partial charge >= 0.3 is 5.97 Å². The SMILES string of the molecule is O=C(O)c1c(C(F)F)nc2n1CCNC2. The zero-order valence-electron chi connectivity index (χ0n) is 7.70. The number of carbonyl (C=O) groups is 1. The predicted octanol–water partition coefficient (Wildman–Crippen LogP) is 0.622. The molecular formula is C8H9F2N3O2. The molecular weight excluding hydrogens is 208 g/mol. The smallest absolute Gasteiger partial charge is 0.354 e. The van der Waals surface area contributed by atoms with Gasteiger partial charge in [-0.3, -0.25) is 0 Å². The minimum atomic E-state index is -2.85. The third kappa shape index (κ3) is 1.58. The fourth-order valence-electron chi connectivity index (χ4n) is 1.66. The third-order valence-electron chi connectivity index (χ3n) is 2.28. The lowest BCUT2D eigenvalue weighted by molar-refractivity contribution is 0.0670. The summed E-state index contributed by atoms with van der Waals surface area (Å²) >= 11 is 0. The Morgan fingerprint density at radius 3 is 2.93 bits per heavy atom. The molecule has 0 saturated heterocycles. The summed E-state index contributed by atoms with van der Waals surface area (Å²) < 4.78 is 26.4. The molecule has 1 aromatic heterocycles. The van der Waals surface area contributed by atoms with Crippen molar-refractivity contribution in [1.82, 2.24) is 14.9 Å². The van der Waals surface area contributed by atoms with E-state index >= 15 is 0 Å². The number of fused-ring (bicyclic) bond motifs is 1. The Morgan fingerprint density at radius 2 is 2.33 bits per heavy atom. The fraction of sp³-hybridized carbons (Fsp3) is 0.500. The number of carboxylic acid groups (broad SMARTS) is 1. The van der Waals surface area contributed by atoms with E-state index in [4.69, 9.17) is 5.11 Å². The van der Waals surface area contributed by atoms with Gasteiger partial charge in [-0.2, -0.15) is 0 Å². The number of alkyl halides is 2. The second kappa shape index (κ2) is 3.58. The molecule has 2 heterocycles. The maximum Gasteiger partial charge on any atom is 0.354 e. The third-order valence-corrected chi connectivity index (χ3v) is 2.28. The van der Waals surface area contributed by atoms with Crippen LogP contribution in [0.4, 0.5) is 8.78 Å². The Hall–Kier alpha value is -1.50. The van der Waals surface area contributed by atoms with Crippen molar-refractivity contribution in [2.45, 2.75) is 19.5 Å². The molecule has 2 N–H and O–H groups in total. The van der Waals surface area contributed by atoms with Gasteiger partial charge in [0.25, 0.3) is 6.43 Å². The standard InChI is InChI=1S/C8H9F2N3O2/c9-7(10)5-6(8(14)15)13-2-1-11-3-4(13)12-5/h7,11H,1-3H2,(H,14,15). The summed E-state index contributed by atoms with van der Waals surface area (Å²) in [5.41, 5.74) is -1.03. The van der Waals surface area contributed by atoms with E-state index in [1.165, 1.54) is 4.57 Å². The van der Waals surface area contributed by atoms with Crippen molar-refractivity contribution in [1.29, 1.82) is 0 Å². The van der Waals surface area contributed by atoms with Gasteiger partial charge in [-0.05, 0) is 0 Å². The van der Waals surface area contributed by atoms with Gasteiger partial charge in [0.15, 0.2) is 5.69 Å². The maximum absolute atomic E-state index is 12.5. The normalized spacial score (nSPS) is 15.4. The summed E-state index contributed by atoms with van der Waals surface area (Å²) in [6.07, 6.45) is -2.85. The summed E-state index contributed by atoms with van der Waals surface area (Å²) in [5, 5.41) is 11.8. The minimum Gasteiger partial charge on any atom is -0.477 e. The highest BCUT2D eigenvalue weighted by molar-refractivity contribution is 5.87. The molecule has 0 atom stereocenters. The van der Waals surface area contributed by atoms with Crippen LogP contribution >= 0.6 is 0 Å². The summed E-state index contributed by atoms with van der Waals surface area (Å²) in [6, 6.07) is 0. The summed E-state index contributed by atoms with van der Waals surface area (Å²) in [4.78, 5) is 14.5. The molecule has 7 heteroatoms. The van der Waals surface area contributed by atoms with Gasteiger partial charge in [-0.15, -0.1) is 0 Å². The number of hydrogen-bond donors (Lipinski definition) is 2. The summed E-state index contributed by atoms with van der Waals surface area (Å²) in [5.74, 6) is -1.00. The van der Waals surface area contributed by atoms with E-state index in [1.807, 2.05) is 0 Å². The number of aromatic nitrogens is 2. The van der Waals surface area contributed by atoms with Crippen LogP contribution in [0.15, 0.2) is 0 Å². The van der Waals surface area contributed by atoms with Gasteiger partial charge in [0, 0.05) is 13.1 Å². The average Bonchev–Trinajstić information content (AvgIpc) is 2.56. The van der Waals surface area contributed by atoms with E-state index in [0.717, 1.165) is 0 Å². The lowest BCUT2D eigenvalue weighted by atomic mass is 10.3. The summed E-state index contributed by atoms with van der Waals surface area (Å²) in [6.45, 7) is 1.25. The first-order valence-corrected chi connectivity index (χ1v) is 4.42. The molecule has 2 rings (SSSR count). The lowest BCUT2D eigenvalue weighted by Crippen LogP contribution is -2.29. The summed E-state index contributed by atoms with van der Waals surface area (Å²) in [7, 11) is 0. The van der Waals surface area contributed by atoms with Crippen LogP contribution in [0.2, 0.25) is 0 Å². The number of halogens is 2. The second-order valence-electron chi connectivity index (χ2n) is 3.20. The van der Waals surface area contributed by atoms with Crippen LogP contribution < -0.4 is 5.32 Å². The molecule has 0 unspecified atom stereocenters. The molecule has 5 nitrogen and oxygen atoms in total. The minimum absolute atomic E-state index is 0.326. The van der Waals surface area contributed by atoms with Crippen LogP contribution in [0, 0.1) is 0 Å². The van der Waals surface area contributed by atoms with Crippen molar-refractivity contribution >= 4 is 5.97 Å². The molecule has 1 aliphatic heterocycles. The quantitative estimate of drug-likeness (QED) is 0.762. The van der Waals surface area contributed by atoms with Gasteiger partial charge in [0.2, 0.25) is 0 Å². The highest BCUT2D eigenvalue weighted by atomic mass is 19.3. The number of nitrogens with zero attached hydrogens (tertiary/aromatic N) is 2. The van der Waals surface area contributed by atoms with Gasteiger partial charge in [-0.25, -0.2) is 18.6 Å². The number of imidazole rings is 1. The van der Waals surface area contributed by atoms with Crippen molar-refractivity contribution < 1.29 is 18.7 Å². The van der Waals surface area contributed by atoms with Crippen molar-refractivity contribution in [3.63, 3.8) is 0 Å². The Labute approximate surface area is 83.7 Å². The van der Waals surface area contributed by atoms with Crippen LogP contribution in [0.3, 0.4) is 0 Å². The van der Waals surface area contributed by atoms with E-state index in [-0.39, 0.29) is 5.69 Å². The number of carboxylic acids is 1. The molecule has 82 valence electrons. The number of hydrogen-bond acceptors (Lipinski definition) is 3. The Bertz CT molecular complexity index is 403. The molecule has 0 aliphatic carbocycles. The first-order valence-electron chi connectivity index (χ1n) is 4.42. The monoisotopic (exact) mass is 217 g/mol. The molecule has 0 spiro atoms. The van der Waals surface area contributed by atoms with Crippen LogP contribution in [-0.2, 0) is 13.1 Å². The fourth-order valence-corrected chi connectivity index (χ4v) is 1.66. The Kier molecular flexibility index (Phi) is 2.39. The maximum atomic E-state index is 12.5. The molecule has 15 heavy (non-hydrogen) atoms. The van der Waals surface area contributed by atoms with Crippen molar-refractivity contribution in [3.8, 4) is 0 Å². The largest absolute Gasteiger partial charge is 0.477 e. The van der Waals surface area contributed by atoms with Crippen LogP contribution in [0.25, 0.3) is 0 Å². The zero-order valence-corrected chi connectivity index (χ0v) is 7.70.